The van der Waals surface area contributed by atoms with Crippen LogP contribution in [0.1, 0.15) is 21.9 Å². The summed E-state index contributed by atoms with van der Waals surface area (Å²) < 4.78 is 1.54. The van der Waals surface area contributed by atoms with Crippen molar-refractivity contribution in [2.45, 2.75) is 13.0 Å². The first-order chi connectivity index (χ1) is 11.8. The fourth-order valence-electron chi connectivity index (χ4n) is 2.92. The van der Waals surface area contributed by atoms with Gasteiger partial charge in [0.1, 0.15) is 0 Å². The second kappa shape index (κ2) is 6.66. The van der Waals surface area contributed by atoms with Gasteiger partial charge in [0, 0.05) is 50.0 Å². The molecule has 0 aliphatic carbocycles. The molecule has 1 amide bonds. The van der Waals surface area contributed by atoms with E-state index in [9.17, 15) is 4.79 Å². The highest BCUT2D eigenvalue weighted by atomic mass is 32.1. The first kappa shape index (κ1) is 15.2. The topological polar surface area (TPSA) is 66.6 Å². The molecule has 1 aliphatic rings. The van der Waals surface area contributed by atoms with Crippen molar-refractivity contribution >= 4 is 23.0 Å². The Kier molecular flexibility index (Phi) is 4.22. The summed E-state index contributed by atoms with van der Waals surface area (Å²) in [6.45, 7) is 4.27. The first-order valence-electron chi connectivity index (χ1n) is 8.01. The number of aromatic nitrogens is 4. The third-order valence-corrected chi connectivity index (χ3v) is 5.00. The van der Waals surface area contributed by atoms with Crippen LogP contribution in [0, 0.1) is 0 Å². The Morgan fingerprint density at radius 1 is 1.21 bits per heavy atom. The predicted octanol–water partition coefficient (Wildman–Crippen LogP) is 1.53. The number of hydrogen-bond acceptors (Lipinski definition) is 6. The van der Waals surface area contributed by atoms with Gasteiger partial charge in [-0.2, -0.15) is 4.98 Å². The molecule has 0 unspecified atom stereocenters. The fraction of sp³-hybridized carbons (Fsp3) is 0.375. The van der Waals surface area contributed by atoms with Crippen molar-refractivity contribution in [1.29, 1.82) is 0 Å². The van der Waals surface area contributed by atoms with Crippen LogP contribution in [0.2, 0.25) is 0 Å². The summed E-state index contributed by atoms with van der Waals surface area (Å²) in [6, 6.07) is 6.01. The highest BCUT2D eigenvalue weighted by Gasteiger charge is 2.23. The average molecular weight is 342 g/mol. The van der Waals surface area contributed by atoms with Crippen LogP contribution in [-0.2, 0) is 6.54 Å². The molecule has 1 fully saturated rings. The molecule has 4 rings (SSSR count). The van der Waals surface area contributed by atoms with Crippen LogP contribution in [0.15, 0.2) is 36.0 Å². The molecule has 0 saturated carbocycles. The molecule has 3 aromatic heterocycles. The summed E-state index contributed by atoms with van der Waals surface area (Å²) in [6.07, 6.45) is 4.35. The Balaban J connectivity index is 1.43. The Bertz CT molecular complexity index is 797. The van der Waals surface area contributed by atoms with Crippen molar-refractivity contribution in [3.63, 3.8) is 0 Å². The van der Waals surface area contributed by atoms with E-state index in [2.05, 4.69) is 37.5 Å². The molecule has 24 heavy (non-hydrogen) atoms. The van der Waals surface area contributed by atoms with Gasteiger partial charge in [-0.15, -0.1) is 16.4 Å². The lowest BCUT2D eigenvalue weighted by molar-refractivity contribution is 0.0749. The van der Waals surface area contributed by atoms with Crippen molar-refractivity contribution < 1.29 is 4.79 Å². The summed E-state index contributed by atoms with van der Waals surface area (Å²) >= 11 is 1.78. The van der Waals surface area contributed by atoms with Crippen LogP contribution in [0.5, 0.6) is 0 Å². The van der Waals surface area contributed by atoms with Gasteiger partial charge < -0.3 is 4.90 Å². The summed E-state index contributed by atoms with van der Waals surface area (Å²) in [7, 11) is 0. The Hall–Kier alpha value is -2.32. The van der Waals surface area contributed by atoms with Gasteiger partial charge in [0.15, 0.2) is 0 Å². The van der Waals surface area contributed by atoms with Crippen LogP contribution in [0.4, 0.5) is 0 Å². The maximum Gasteiger partial charge on any atom is 0.293 e. The number of thiophene rings is 1. The molecular weight excluding hydrogens is 324 g/mol. The number of fused-ring (bicyclic) bond motifs is 1. The van der Waals surface area contributed by atoms with Gasteiger partial charge in [0.25, 0.3) is 11.7 Å². The van der Waals surface area contributed by atoms with Crippen LogP contribution in [0.3, 0.4) is 0 Å². The van der Waals surface area contributed by atoms with E-state index in [0.29, 0.717) is 12.3 Å². The Morgan fingerprint density at radius 2 is 2.17 bits per heavy atom. The maximum atomic E-state index is 12.7. The molecule has 0 spiro atoms. The van der Waals surface area contributed by atoms with E-state index in [-0.39, 0.29) is 11.7 Å². The minimum Gasteiger partial charge on any atom is -0.335 e. The highest BCUT2D eigenvalue weighted by Crippen LogP contribution is 2.14. The Labute approximate surface area is 143 Å². The van der Waals surface area contributed by atoms with E-state index < -0.39 is 0 Å². The molecule has 0 bridgehead atoms. The molecule has 124 valence electrons. The molecule has 1 aliphatic heterocycles. The second-order valence-electron chi connectivity index (χ2n) is 5.80. The third kappa shape index (κ3) is 3.15. The minimum atomic E-state index is -0.113. The first-order valence-corrected chi connectivity index (χ1v) is 8.89. The monoisotopic (exact) mass is 342 g/mol. The summed E-state index contributed by atoms with van der Waals surface area (Å²) in [5.74, 6) is 0.564. The van der Waals surface area contributed by atoms with Crippen molar-refractivity contribution in [2.75, 3.05) is 26.2 Å². The molecule has 8 heteroatoms. The zero-order valence-corrected chi connectivity index (χ0v) is 14.0. The molecule has 3 aromatic rings. The van der Waals surface area contributed by atoms with Gasteiger partial charge in [-0.3, -0.25) is 9.69 Å². The number of nitrogens with zero attached hydrogens (tertiary/aromatic N) is 6. The summed E-state index contributed by atoms with van der Waals surface area (Å²) in [5, 5.41) is 6.34. The standard InChI is InChI=1S/C16H18N6OS/c23-15(14-18-16-17-5-2-8-22(16)19-14)21-7-3-6-20(9-10-21)12-13-4-1-11-24-13/h1-2,4-5,8,11H,3,6-7,9-10,12H2. The normalized spacial score (nSPS) is 16.4. The van der Waals surface area contributed by atoms with Crippen molar-refractivity contribution in [2.24, 2.45) is 0 Å². The van der Waals surface area contributed by atoms with Crippen molar-refractivity contribution in [1.82, 2.24) is 29.4 Å². The molecule has 0 N–H and O–H groups in total. The van der Waals surface area contributed by atoms with E-state index in [1.165, 1.54) is 9.39 Å². The number of carbonyl (C=O) groups is 1. The van der Waals surface area contributed by atoms with Gasteiger partial charge in [0.05, 0.1) is 0 Å². The van der Waals surface area contributed by atoms with Gasteiger partial charge in [0.2, 0.25) is 5.82 Å². The van der Waals surface area contributed by atoms with Crippen LogP contribution in [-0.4, -0.2) is 61.5 Å². The molecule has 1 saturated heterocycles. The number of carbonyl (C=O) groups excluding carboxylic acids is 1. The summed E-state index contributed by atoms with van der Waals surface area (Å²) in [5.41, 5.74) is 0. The minimum absolute atomic E-state index is 0.113. The van der Waals surface area contributed by atoms with Crippen LogP contribution < -0.4 is 0 Å². The van der Waals surface area contributed by atoms with E-state index in [1.807, 2.05) is 4.90 Å². The SMILES string of the molecule is O=C(c1nc2ncccn2n1)N1CCCN(Cc2cccs2)CC1. The van der Waals surface area contributed by atoms with Crippen molar-refractivity contribution in [3.8, 4) is 0 Å². The van der Waals surface area contributed by atoms with Gasteiger partial charge in [-0.05, 0) is 23.9 Å². The lowest BCUT2D eigenvalue weighted by Crippen LogP contribution is -2.35. The zero-order chi connectivity index (χ0) is 16.4. The second-order valence-corrected chi connectivity index (χ2v) is 6.83. The lowest BCUT2D eigenvalue weighted by Gasteiger charge is -2.20. The quantitative estimate of drug-likeness (QED) is 0.722. The zero-order valence-electron chi connectivity index (χ0n) is 13.2. The predicted molar refractivity (Wildman–Crippen MR) is 90.9 cm³/mol. The van der Waals surface area contributed by atoms with E-state index in [0.717, 1.165) is 32.6 Å². The molecule has 0 radical (unpaired) electrons. The smallest absolute Gasteiger partial charge is 0.293 e. The molecule has 4 heterocycles. The molecular formula is C16H18N6OS. The fourth-order valence-corrected chi connectivity index (χ4v) is 3.67. The summed E-state index contributed by atoms with van der Waals surface area (Å²) in [4.78, 5) is 26.7. The van der Waals surface area contributed by atoms with E-state index in [4.69, 9.17) is 0 Å². The lowest BCUT2D eigenvalue weighted by atomic mass is 10.3. The van der Waals surface area contributed by atoms with Crippen LogP contribution >= 0.6 is 11.3 Å². The van der Waals surface area contributed by atoms with Gasteiger partial charge in [-0.1, -0.05) is 6.07 Å². The van der Waals surface area contributed by atoms with Crippen LogP contribution in [0.25, 0.3) is 5.78 Å². The number of hydrogen-bond donors (Lipinski definition) is 0. The number of rotatable bonds is 3. The molecule has 0 aromatic carbocycles. The highest BCUT2D eigenvalue weighted by molar-refractivity contribution is 7.09. The molecule has 0 atom stereocenters. The van der Waals surface area contributed by atoms with Crippen molar-refractivity contribution in [3.05, 3.63) is 46.7 Å². The van der Waals surface area contributed by atoms with E-state index >= 15 is 0 Å². The van der Waals surface area contributed by atoms with Gasteiger partial charge >= 0.3 is 0 Å². The molecule has 7 nitrogen and oxygen atoms in total. The Morgan fingerprint density at radius 3 is 3.00 bits per heavy atom. The number of amides is 1. The maximum absolute atomic E-state index is 12.7. The largest absolute Gasteiger partial charge is 0.335 e. The average Bonchev–Trinajstić information content (AvgIpc) is 3.20. The third-order valence-electron chi connectivity index (χ3n) is 4.14. The van der Waals surface area contributed by atoms with Gasteiger partial charge in [-0.25, -0.2) is 9.50 Å². The van der Waals surface area contributed by atoms with E-state index in [1.54, 1.807) is 29.8 Å².